The number of carboxylic acid groups (broad SMARTS) is 1. The van der Waals surface area contributed by atoms with E-state index in [-0.39, 0.29) is 11.9 Å². The van der Waals surface area contributed by atoms with Crippen LogP contribution in [0.5, 0.6) is 0 Å². The van der Waals surface area contributed by atoms with Crippen LogP contribution in [0.4, 0.5) is 0 Å². The minimum atomic E-state index is -0.844. The molecule has 5 N–H and O–H groups in total. The minimum Gasteiger partial charge on any atom is -0.481 e. The molecule has 3 heterocycles. The van der Waals surface area contributed by atoms with E-state index in [4.69, 9.17) is 11.1 Å². The van der Waals surface area contributed by atoms with Gasteiger partial charge in [-0.05, 0) is 37.3 Å². The van der Waals surface area contributed by atoms with Crippen molar-refractivity contribution < 1.29 is 9.90 Å². The van der Waals surface area contributed by atoms with Gasteiger partial charge in [0, 0.05) is 36.8 Å². The predicted molar refractivity (Wildman–Crippen MR) is 106 cm³/mol. The Hall–Kier alpha value is -3.04. The number of nitrogens with one attached hydrogen (secondary N) is 2. The molecule has 0 saturated carbocycles. The molecule has 0 unspecified atom stereocenters. The van der Waals surface area contributed by atoms with E-state index in [2.05, 4.69) is 25.6 Å². The van der Waals surface area contributed by atoms with E-state index in [1.54, 1.807) is 0 Å². The van der Waals surface area contributed by atoms with Crippen LogP contribution < -0.4 is 5.73 Å². The molecule has 0 amide bonds. The summed E-state index contributed by atoms with van der Waals surface area (Å²) in [6.07, 6.45) is 5.46. The number of guanidine groups is 1. The molecule has 10 heteroatoms. The van der Waals surface area contributed by atoms with E-state index in [1.807, 2.05) is 30.2 Å². The van der Waals surface area contributed by atoms with Crippen molar-refractivity contribution in [1.29, 1.82) is 5.41 Å². The van der Waals surface area contributed by atoms with Gasteiger partial charge in [-0.2, -0.15) is 5.21 Å². The van der Waals surface area contributed by atoms with Gasteiger partial charge in [0.15, 0.2) is 11.8 Å². The lowest BCUT2D eigenvalue weighted by molar-refractivity contribution is -0.142. The van der Waals surface area contributed by atoms with Crippen molar-refractivity contribution in [2.24, 2.45) is 11.7 Å². The minimum absolute atomic E-state index is 0.124. The van der Waals surface area contributed by atoms with Crippen molar-refractivity contribution in [3.8, 4) is 0 Å². The Balaban J connectivity index is 1.71. The van der Waals surface area contributed by atoms with E-state index in [0.717, 1.165) is 43.6 Å². The third kappa shape index (κ3) is 5.07. The van der Waals surface area contributed by atoms with Crippen LogP contribution in [0.25, 0.3) is 0 Å². The number of nitrogens with two attached hydrogens (primary N) is 1. The van der Waals surface area contributed by atoms with Crippen LogP contribution in [-0.4, -0.2) is 60.6 Å². The second-order valence-electron chi connectivity index (χ2n) is 7.55. The van der Waals surface area contributed by atoms with Gasteiger partial charge >= 0.3 is 5.97 Å². The second-order valence-corrected chi connectivity index (χ2v) is 7.55. The molecule has 1 aliphatic heterocycles. The molecule has 2 aromatic rings. The SMILES string of the molecule is CCC[C@H](C(=O)O)[C@H](Cc1ccc(C2CCN(C(=N)N)CC2)nc1)c1nn[nH]n1. The fraction of sp³-hybridized carbons (Fsp3) is 0.579. The summed E-state index contributed by atoms with van der Waals surface area (Å²) >= 11 is 0. The third-order valence-corrected chi connectivity index (χ3v) is 5.65. The maximum atomic E-state index is 11.8. The number of aliphatic carboxylic acids is 1. The Bertz CT molecular complexity index is 800. The number of hydrogen-bond acceptors (Lipinski definition) is 6. The molecule has 156 valence electrons. The maximum Gasteiger partial charge on any atom is 0.307 e. The van der Waals surface area contributed by atoms with Crippen molar-refractivity contribution in [1.82, 2.24) is 30.5 Å². The third-order valence-electron chi connectivity index (χ3n) is 5.65. The number of likely N-dealkylation sites (tertiary alicyclic amines) is 1. The zero-order valence-corrected chi connectivity index (χ0v) is 16.6. The number of aromatic nitrogens is 5. The van der Waals surface area contributed by atoms with E-state index in [0.29, 0.717) is 24.6 Å². The number of carbonyl (C=O) groups is 1. The predicted octanol–water partition coefficient (Wildman–Crippen LogP) is 1.49. The number of carboxylic acids is 1. The summed E-state index contributed by atoms with van der Waals surface area (Å²) in [6.45, 7) is 3.50. The lowest BCUT2D eigenvalue weighted by atomic mass is 9.83. The Labute approximate surface area is 169 Å². The Kier molecular flexibility index (Phi) is 6.73. The number of rotatable bonds is 8. The zero-order valence-electron chi connectivity index (χ0n) is 16.6. The summed E-state index contributed by atoms with van der Waals surface area (Å²) in [7, 11) is 0. The summed E-state index contributed by atoms with van der Waals surface area (Å²) in [4.78, 5) is 18.3. The monoisotopic (exact) mass is 400 g/mol. The summed E-state index contributed by atoms with van der Waals surface area (Å²) in [6, 6.07) is 4.03. The molecule has 1 aliphatic rings. The van der Waals surface area contributed by atoms with Gasteiger partial charge in [0.05, 0.1) is 5.92 Å². The molecule has 0 aliphatic carbocycles. The number of hydrogen-bond donors (Lipinski definition) is 4. The molecule has 0 bridgehead atoms. The molecule has 1 fully saturated rings. The zero-order chi connectivity index (χ0) is 20.8. The van der Waals surface area contributed by atoms with Gasteiger partial charge < -0.3 is 15.7 Å². The number of tetrazole rings is 1. The molecule has 0 radical (unpaired) electrons. The quantitative estimate of drug-likeness (QED) is 0.383. The molecule has 2 atom stereocenters. The number of piperidine rings is 1. The van der Waals surface area contributed by atoms with Gasteiger partial charge in [-0.15, -0.1) is 10.2 Å². The average Bonchev–Trinajstić information content (AvgIpc) is 3.25. The van der Waals surface area contributed by atoms with Gasteiger partial charge in [-0.3, -0.25) is 15.2 Å². The van der Waals surface area contributed by atoms with Crippen molar-refractivity contribution in [3.63, 3.8) is 0 Å². The smallest absolute Gasteiger partial charge is 0.307 e. The summed E-state index contributed by atoms with van der Waals surface area (Å²) in [5.41, 5.74) is 7.54. The highest BCUT2D eigenvalue weighted by Gasteiger charge is 2.32. The highest BCUT2D eigenvalue weighted by atomic mass is 16.4. The fourth-order valence-corrected chi connectivity index (χ4v) is 4.02. The Morgan fingerprint density at radius 2 is 2.17 bits per heavy atom. The van der Waals surface area contributed by atoms with E-state index < -0.39 is 11.9 Å². The standard InChI is InChI=1S/C19H28N8O2/c1-2-3-14(18(28)29)15(17-23-25-26-24-17)10-12-4-5-16(22-11-12)13-6-8-27(9-7-13)19(20)21/h4-5,11,13-15H,2-3,6-10H2,1H3,(H3,20,21)(H,28,29)(H,23,24,25,26)/t14-,15-/m0/s1. The van der Waals surface area contributed by atoms with Gasteiger partial charge in [0.2, 0.25) is 0 Å². The van der Waals surface area contributed by atoms with Gasteiger partial charge in [0.1, 0.15) is 0 Å². The lowest BCUT2D eigenvalue weighted by Crippen LogP contribution is -2.41. The fourth-order valence-electron chi connectivity index (χ4n) is 4.02. The van der Waals surface area contributed by atoms with Crippen LogP contribution >= 0.6 is 0 Å². The number of pyridine rings is 1. The van der Waals surface area contributed by atoms with Gasteiger partial charge in [0.25, 0.3) is 0 Å². The topological polar surface area (TPSA) is 158 Å². The first-order valence-electron chi connectivity index (χ1n) is 9.99. The summed E-state index contributed by atoms with van der Waals surface area (Å²) < 4.78 is 0. The first kappa shape index (κ1) is 20.7. The summed E-state index contributed by atoms with van der Waals surface area (Å²) in [5.74, 6) is -0.889. The molecule has 29 heavy (non-hydrogen) atoms. The van der Waals surface area contributed by atoms with E-state index >= 15 is 0 Å². The van der Waals surface area contributed by atoms with Crippen LogP contribution in [-0.2, 0) is 11.2 Å². The number of nitrogens with zero attached hydrogens (tertiary/aromatic N) is 5. The van der Waals surface area contributed by atoms with Gasteiger partial charge in [-0.25, -0.2) is 0 Å². The number of H-pyrrole nitrogens is 1. The highest BCUT2D eigenvalue weighted by molar-refractivity contribution is 5.74. The van der Waals surface area contributed by atoms with Crippen LogP contribution in [0.15, 0.2) is 18.3 Å². The highest BCUT2D eigenvalue weighted by Crippen LogP contribution is 2.31. The van der Waals surface area contributed by atoms with Crippen molar-refractivity contribution >= 4 is 11.9 Å². The molecule has 2 aromatic heterocycles. The largest absolute Gasteiger partial charge is 0.481 e. The average molecular weight is 400 g/mol. The van der Waals surface area contributed by atoms with Crippen LogP contribution in [0.3, 0.4) is 0 Å². The molecule has 1 saturated heterocycles. The molecule has 3 rings (SSSR count). The second kappa shape index (κ2) is 9.44. The Morgan fingerprint density at radius 3 is 2.69 bits per heavy atom. The van der Waals surface area contributed by atoms with Crippen molar-refractivity contribution in [3.05, 3.63) is 35.4 Å². The molecular weight excluding hydrogens is 372 g/mol. The van der Waals surface area contributed by atoms with Crippen molar-refractivity contribution in [2.75, 3.05) is 13.1 Å². The number of aromatic amines is 1. The first-order chi connectivity index (χ1) is 14.0. The molecule has 0 aromatic carbocycles. The molecule has 10 nitrogen and oxygen atoms in total. The van der Waals surface area contributed by atoms with Crippen molar-refractivity contribution in [2.45, 2.75) is 50.9 Å². The van der Waals surface area contributed by atoms with Crippen LogP contribution in [0.1, 0.15) is 61.5 Å². The summed E-state index contributed by atoms with van der Waals surface area (Å²) in [5, 5.41) is 31.4. The molecular formula is C19H28N8O2. The van der Waals surface area contributed by atoms with Crippen LogP contribution in [0, 0.1) is 11.3 Å². The van der Waals surface area contributed by atoms with Crippen LogP contribution in [0.2, 0.25) is 0 Å². The molecule has 0 spiro atoms. The lowest BCUT2D eigenvalue weighted by Gasteiger charge is -2.31. The van der Waals surface area contributed by atoms with E-state index in [9.17, 15) is 9.90 Å². The first-order valence-corrected chi connectivity index (χ1v) is 9.99. The van der Waals surface area contributed by atoms with E-state index in [1.165, 1.54) is 0 Å². The van der Waals surface area contributed by atoms with Gasteiger partial charge in [-0.1, -0.05) is 24.6 Å². The Morgan fingerprint density at radius 1 is 1.41 bits per heavy atom. The maximum absolute atomic E-state index is 11.8. The normalized spacial score (nSPS) is 17.1.